The van der Waals surface area contributed by atoms with Gasteiger partial charge in [-0.25, -0.2) is 0 Å². The Morgan fingerprint density at radius 3 is 2.50 bits per heavy atom. The minimum absolute atomic E-state index is 0.0388. The molecule has 12 heteroatoms. The molecule has 0 spiro atoms. The number of hydrogen-bond donors (Lipinski definition) is 3. The molecule has 3 aromatic rings. The van der Waals surface area contributed by atoms with Gasteiger partial charge < -0.3 is 29.9 Å². The van der Waals surface area contributed by atoms with Gasteiger partial charge in [0.2, 0.25) is 5.88 Å². The summed E-state index contributed by atoms with van der Waals surface area (Å²) in [6, 6.07) is 12.6. The van der Waals surface area contributed by atoms with Crippen LogP contribution in [0.25, 0.3) is 5.70 Å². The normalized spacial score (nSPS) is 13.7. The Balaban J connectivity index is 1.69. The first-order valence-corrected chi connectivity index (χ1v) is 12.7. The highest BCUT2D eigenvalue weighted by atomic mass is 35.5. The number of aliphatic hydroxyl groups excluding tert-OH is 1. The van der Waals surface area contributed by atoms with Gasteiger partial charge in [-0.2, -0.15) is 13.2 Å². The summed E-state index contributed by atoms with van der Waals surface area (Å²) in [6.07, 6.45) is -3.84. The van der Waals surface area contributed by atoms with E-state index in [2.05, 4.69) is 5.32 Å². The average molecular weight is 569 g/mol. The molecular weight excluding hydrogens is 545 g/mol. The third-order valence-electron chi connectivity index (χ3n) is 5.72. The first kappa shape index (κ1) is 27.5. The minimum atomic E-state index is -4.47. The second-order valence-corrected chi connectivity index (χ2v) is 9.97. The van der Waals surface area contributed by atoms with Crippen molar-refractivity contribution in [1.82, 2.24) is 0 Å². The largest absolute Gasteiger partial charge is 0.497 e. The number of alkyl halides is 3. The predicted octanol–water partition coefficient (Wildman–Crippen LogP) is 7.03. The quantitative estimate of drug-likeness (QED) is 0.179. The van der Waals surface area contributed by atoms with E-state index in [9.17, 15) is 23.1 Å². The lowest BCUT2D eigenvalue weighted by atomic mass is 10.1. The number of carboxylic acids is 1. The van der Waals surface area contributed by atoms with Crippen LogP contribution in [-0.2, 0) is 17.4 Å². The van der Waals surface area contributed by atoms with Crippen LogP contribution in [0.1, 0.15) is 28.2 Å². The van der Waals surface area contributed by atoms with Gasteiger partial charge in [0.15, 0.2) is 0 Å². The summed E-state index contributed by atoms with van der Waals surface area (Å²) in [5.41, 5.74) is 1.55. The third kappa shape index (κ3) is 6.46. The van der Waals surface area contributed by atoms with E-state index in [0.29, 0.717) is 69.1 Å². The lowest BCUT2D eigenvalue weighted by Crippen LogP contribution is -2.23. The summed E-state index contributed by atoms with van der Waals surface area (Å²) in [6.45, 7) is 0.472. The summed E-state index contributed by atoms with van der Waals surface area (Å²) in [7, 11) is 1.47. The highest BCUT2D eigenvalue weighted by molar-refractivity contribution is 7.12. The number of ether oxygens (including phenoxy) is 2. The van der Waals surface area contributed by atoms with E-state index >= 15 is 0 Å². The molecule has 202 valence electrons. The van der Waals surface area contributed by atoms with E-state index in [1.54, 1.807) is 42.5 Å². The Kier molecular flexibility index (Phi) is 8.27. The van der Waals surface area contributed by atoms with Gasteiger partial charge in [-0.05, 0) is 24.6 Å². The van der Waals surface area contributed by atoms with Crippen molar-refractivity contribution in [2.24, 2.45) is 0 Å². The zero-order valence-corrected chi connectivity index (χ0v) is 21.7. The number of hydrogen-bond acceptors (Lipinski definition) is 7. The van der Waals surface area contributed by atoms with Crippen LogP contribution in [0, 0.1) is 0 Å². The van der Waals surface area contributed by atoms with Gasteiger partial charge in [0.25, 0.3) is 0 Å². The molecule has 1 aliphatic rings. The summed E-state index contributed by atoms with van der Waals surface area (Å²) < 4.78 is 51.0. The molecule has 1 aromatic heterocycles. The Labute approximate surface area is 225 Å². The Bertz CT molecular complexity index is 1340. The number of carboxylic acid groups (broad SMARTS) is 1. The zero-order chi connectivity index (χ0) is 27.4. The predicted molar refractivity (Wildman–Crippen MR) is 140 cm³/mol. The first-order chi connectivity index (χ1) is 18.0. The van der Waals surface area contributed by atoms with Crippen LogP contribution in [-0.4, -0.2) is 36.4 Å². The molecule has 3 N–H and O–H groups in total. The van der Waals surface area contributed by atoms with Crippen molar-refractivity contribution < 1.29 is 37.7 Å². The maximum absolute atomic E-state index is 13.3. The number of nitrogens with one attached hydrogen (secondary N) is 1. The SMILES string of the molecule is COc1cc(NC(=C(O)N2CCc3sc(C(F)(F)F)cc32)c2ccc(Cl)cc2)cc(OCCCC(=O)O)c1. The number of anilines is 2. The monoisotopic (exact) mass is 568 g/mol. The van der Waals surface area contributed by atoms with Gasteiger partial charge in [0, 0.05) is 58.7 Å². The van der Waals surface area contributed by atoms with Gasteiger partial charge >= 0.3 is 12.1 Å². The number of nitrogens with zero attached hydrogens (tertiary/aromatic N) is 1. The standard InChI is InChI=1S/C26H24ClF3N2O5S/c1-36-18-11-17(12-19(13-18)37-10-2-3-23(33)34)31-24(15-4-6-16(27)7-5-15)25(35)32-9-8-21-20(32)14-22(38-21)26(28,29)30/h4-7,11-14,31,35H,2-3,8-10H2,1H3,(H,33,34). The number of methoxy groups -OCH3 is 1. The van der Waals surface area contributed by atoms with Crippen molar-refractivity contribution in [2.45, 2.75) is 25.4 Å². The number of carbonyl (C=O) groups is 1. The number of benzene rings is 2. The Morgan fingerprint density at radius 1 is 1.13 bits per heavy atom. The van der Waals surface area contributed by atoms with E-state index in [4.69, 9.17) is 26.2 Å². The van der Waals surface area contributed by atoms with Crippen LogP contribution in [0.5, 0.6) is 11.5 Å². The number of rotatable bonds is 10. The van der Waals surface area contributed by atoms with E-state index in [1.165, 1.54) is 12.0 Å². The van der Waals surface area contributed by atoms with E-state index in [-0.39, 0.29) is 24.6 Å². The van der Waals surface area contributed by atoms with Crippen LogP contribution < -0.4 is 19.7 Å². The topological polar surface area (TPSA) is 91.3 Å². The lowest BCUT2D eigenvalue weighted by molar-refractivity contribution is -0.137. The molecule has 4 rings (SSSR count). The molecule has 0 saturated heterocycles. The second-order valence-electron chi connectivity index (χ2n) is 8.39. The van der Waals surface area contributed by atoms with Gasteiger partial charge in [0.05, 0.1) is 19.4 Å². The van der Waals surface area contributed by atoms with Crippen LogP contribution in [0.15, 0.2) is 54.4 Å². The molecule has 0 bridgehead atoms. The molecule has 0 saturated carbocycles. The molecular formula is C26H24ClF3N2O5S. The van der Waals surface area contributed by atoms with Crippen LogP contribution in [0.2, 0.25) is 5.02 Å². The van der Waals surface area contributed by atoms with Gasteiger partial charge in [-0.3, -0.25) is 4.79 Å². The minimum Gasteiger partial charge on any atom is -0.497 e. The maximum atomic E-state index is 13.3. The first-order valence-electron chi connectivity index (χ1n) is 11.5. The highest BCUT2D eigenvalue weighted by Crippen LogP contribution is 2.44. The van der Waals surface area contributed by atoms with Crippen molar-refractivity contribution in [3.8, 4) is 11.5 Å². The molecule has 0 aliphatic carbocycles. The summed E-state index contributed by atoms with van der Waals surface area (Å²) in [5, 5.41) is 23.8. The third-order valence-corrected chi connectivity index (χ3v) is 7.20. The van der Waals surface area contributed by atoms with E-state index in [0.717, 1.165) is 6.07 Å². The average Bonchev–Trinajstić information content (AvgIpc) is 3.47. The lowest BCUT2D eigenvalue weighted by Gasteiger charge is -2.23. The van der Waals surface area contributed by atoms with E-state index in [1.807, 2.05) is 0 Å². The summed E-state index contributed by atoms with van der Waals surface area (Å²) in [4.78, 5) is 12.0. The fraction of sp³-hybridized carbons (Fsp3) is 0.269. The van der Waals surface area contributed by atoms with Gasteiger partial charge in [-0.15, -0.1) is 11.3 Å². The molecule has 0 fully saturated rings. The molecule has 7 nitrogen and oxygen atoms in total. The van der Waals surface area contributed by atoms with Crippen LogP contribution in [0.3, 0.4) is 0 Å². The van der Waals surface area contributed by atoms with Gasteiger partial charge in [-0.1, -0.05) is 23.7 Å². The van der Waals surface area contributed by atoms with Crippen LogP contribution in [0.4, 0.5) is 24.5 Å². The van der Waals surface area contributed by atoms with Crippen molar-refractivity contribution in [3.63, 3.8) is 0 Å². The number of aliphatic hydroxyl groups is 1. The van der Waals surface area contributed by atoms with Crippen molar-refractivity contribution in [2.75, 3.05) is 30.5 Å². The molecule has 2 heterocycles. The highest BCUT2D eigenvalue weighted by Gasteiger charge is 2.37. The summed E-state index contributed by atoms with van der Waals surface area (Å²) >= 11 is 6.73. The fourth-order valence-electron chi connectivity index (χ4n) is 3.93. The van der Waals surface area contributed by atoms with Gasteiger partial charge in [0.1, 0.15) is 22.1 Å². The zero-order valence-electron chi connectivity index (χ0n) is 20.1. The molecule has 1 aliphatic heterocycles. The summed E-state index contributed by atoms with van der Waals surface area (Å²) in [5.74, 6) is -0.338. The molecule has 0 radical (unpaired) electrons. The molecule has 38 heavy (non-hydrogen) atoms. The second kappa shape index (κ2) is 11.4. The Morgan fingerprint density at radius 2 is 1.84 bits per heavy atom. The van der Waals surface area contributed by atoms with Crippen molar-refractivity contribution in [3.05, 3.63) is 74.8 Å². The van der Waals surface area contributed by atoms with E-state index < -0.39 is 17.0 Å². The number of halogens is 4. The molecule has 0 unspecified atom stereocenters. The fourth-order valence-corrected chi connectivity index (χ4v) is 5.08. The number of thiophene rings is 1. The van der Waals surface area contributed by atoms with Crippen molar-refractivity contribution in [1.29, 1.82) is 0 Å². The molecule has 0 atom stereocenters. The maximum Gasteiger partial charge on any atom is 0.425 e. The molecule has 0 amide bonds. The van der Waals surface area contributed by atoms with Crippen LogP contribution >= 0.6 is 22.9 Å². The smallest absolute Gasteiger partial charge is 0.425 e. The Hall–Kier alpha value is -3.57. The number of aliphatic carboxylic acids is 1. The molecule has 2 aromatic carbocycles. The van der Waals surface area contributed by atoms with Crippen molar-refractivity contribution >= 4 is 46.0 Å². The number of fused-ring (bicyclic) bond motifs is 1.